The van der Waals surface area contributed by atoms with Crippen LogP contribution >= 0.6 is 11.8 Å². The van der Waals surface area contributed by atoms with E-state index in [1.807, 2.05) is 23.9 Å². The average Bonchev–Trinajstić information content (AvgIpc) is 2.46. The highest BCUT2D eigenvalue weighted by atomic mass is 32.2. The molecule has 1 saturated heterocycles. The van der Waals surface area contributed by atoms with Crippen LogP contribution in [0.4, 0.5) is 0 Å². The minimum atomic E-state index is 0.304. The molecule has 0 saturated carbocycles. The number of rotatable bonds is 4. The van der Waals surface area contributed by atoms with Crippen molar-refractivity contribution in [2.75, 3.05) is 39.4 Å². The van der Waals surface area contributed by atoms with Gasteiger partial charge in [-0.1, -0.05) is 0 Å². The number of ether oxygens (including phenoxy) is 3. The molecule has 1 heterocycles. The number of thioether (sulfide) groups is 1. The first-order valence-corrected chi connectivity index (χ1v) is 7.07. The van der Waals surface area contributed by atoms with Gasteiger partial charge in [0.1, 0.15) is 0 Å². The second-order valence-corrected chi connectivity index (χ2v) is 5.16. The van der Waals surface area contributed by atoms with Crippen LogP contribution in [-0.4, -0.2) is 39.4 Å². The lowest BCUT2D eigenvalue weighted by Crippen LogP contribution is -2.30. The molecule has 1 atom stereocenters. The van der Waals surface area contributed by atoms with E-state index in [1.54, 1.807) is 21.3 Å². The molecule has 0 bridgehead atoms. The highest BCUT2D eigenvalue weighted by molar-refractivity contribution is 7.99. The predicted molar refractivity (Wildman–Crippen MR) is 74.2 cm³/mol. The van der Waals surface area contributed by atoms with E-state index in [9.17, 15) is 0 Å². The second kappa shape index (κ2) is 6.20. The Kier molecular flexibility index (Phi) is 4.60. The Balaban J connectivity index is 2.40. The average molecular weight is 269 g/mol. The van der Waals surface area contributed by atoms with E-state index in [0.29, 0.717) is 17.5 Å². The lowest BCUT2D eigenvalue weighted by Gasteiger charge is -2.26. The fourth-order valence-electron chi connectivity index (χ4n) is 2.16. The Bertz CT molecular complexity index is 405. The van der Waals surface area contributed by atoms with Crippen molar-refractivity contribution in [3.8, 4) is 17.2 Å². The zero-order chi connectivity index (χ0) is 13.0. The first-order valence-electron chi connectivity index (χ1n) is 5.91. The summed E-state index contributed by atoms with van der Waals surface area (Å²) < 4.78 is 16.2. The van der Waals surface area contributed by atoms with E-state index in [4.69, 9.17) is 14.2 Å². The molecule has 4 nitrogen and oxygen atoms in total. The minimum absolute atomic E-state index is 0.304. The van der Waals surface area contributed by atoms with Crippen LogP contribution in [0.5, 0.6) is 17.2 Å². The number of hydrogen-bond donors (Lipinski definition) is 1. The van der Waals surface area contributed by atoms with Gasteiger partial charge in [-0.15, -0.1) is 0 Å². The molecule has 0 radical (unpaired) electrons. The normalized spacial score (nSPS) is 19.4. The van der Waals surface area contributed by atoms with Crippen molar-refractivity contribution in [3.63, 3.8) is 0 Å². The first-order chi connectivity index (χ1) is 8.81. The Morgan fingerprint density at radius 3 is 2.44 bits per heavy atom. The molecule has 0 aliphatic carbocycles. The van der Waals surface area contributed by atoms with Crippen molar-refractivity contribution in [2.45, 2.75) is 6.04 Å². The molecule has 1 aliphatic rings. The molecule has 5 heteroatoms. The Morgan fingerprint density at radius 1 is 1.11 bits per heavy atom. The number of hydrogen-bond acceptors (Lipinski definition) is 5. The molecule has 1 aromatic carbocycles. The molecule has 1 aliphatic heterocycles. The topological polar surface area (TPSA) is 39.7 Å². The van der Waals surface area contributed by atoms with Gasteiger partial charge < -0.3 is 19.5 Å². The third-order valence-corrected chi connectivity index (χ3v) is 4.09. The van der Waals surface area contributed by atoms with E-state index in [-0.39, 0.29) is 0 Å². The van der Waals surface area contributed by atoms with Crippen molar-refractivity contribution < 1.29 is 14.2 Å². The largest absolute Gasteiger partial charge is 0.493 e. The van der Waals surface area contributed by atoms with Crippen molar-refractivity contribution in [1.29, 1.82) is 0 Å². The van der Waals surface area contributed by atoms with Gasteiger partial charge in [-0.05, 0) is 12.1 Å². The lowest BCUT2D eigenvalue weighted by molar-refractivity contribution is 0.320. The minimum Gasteiger partial charge on any atom is -0.493 e. The quantitative estimate of drug-likeness (QED) is 0.906. The molecule has 1 fully saturated rings. The maximum absolute atomic E-state index is 5.51. The summed E-state index contributed by atoms with van der Waals surface area (Å²) in [5.74, 6) is 4.33. The van der Waals surface area contributed by atoms with Crippen LogP contribution in [0.3, 0.4) is 0 Å². The summed E-state index contributed by atoms with van der Waals surface area (Å²) >= 11 is 1.95. The van der Waals surface area contributed by atoms with Gasteiger partial charge >= 0.3 is 0 Å². The van der Waals surface area contributed by atoms with Gasteiger partial charge in [0.25, 0.3) is 0 Å². The van der Waals surface area contributed by atoms with Gasteiger partial charge in [0, 0.05) is 29.7 Å². The highest BCUT2D eigenvalue weighted by Gasteiger charge is 2.23. The fraction of sp³-hybridized carbons (Fsp3) is 0.538. The summed E-state index contributed by atoms with van der Waals surface area (Å²) in [5.41, 5.74) is 1.13. The third-order valence-electron chi connectivity index (χ3n) is 3.03. The van der Waals surface area contributed by atoms with Crippen LogP contribution in [-0.2, 0) is 0 Å². The van der Waals surface area contributed by atoms with Gasteiger partial charge in [0.15, 0.2) is 11.5 Å². The monoisotopic (exact) mass is 269 g/mol. The predicted octanol–water partition coefficient (Wildman–Crippen LogP) is 2.09. The van der Waals surface area contributed by atoms with Gasteiger partial charge in [0.05, 0.1) is 21.3 Å². The van der Waals surface area contributed by atoms with Gasteiger partial charge in [-0.2, -0.15) is 11.8 Å². The molecule has 1 N–H and O–H groups in total. The summed E-state index contributed by atoms with van der Waals surface area (Å²) in [6.45, 7) is 1.02. The van der Waals surface area contributed by atoms with Gasteiger partial charge in [0.2, 0.25) is 5.75 Å². The Labute approximate surface area is 112 Å². The molecular weight excluding hydrogens is 250 g/mol. The van der Waals surface area contributed by atoms with Crippen LogP contribution in [0.15, 0.2) is 12.1 Å². The maximum atomic E-state index is 5.51. The van der Waals surface area contributed by atoms with E-state index >= 15 is 0 Å². The highest BCUT2D eigenvalue weighted by Crippen LogP contribution is 2.42. The zero-order valence-electron chi connectivity index (χ0n) is 11.0. The smallest absolute Gasteiger partial charge is 0.203 e. The van der Waals surface area contributed by atoms with E-state index < -0.39 is 0 Å². The van der Waals surface area contributed by atoms with Crippen molar-refractivity contribution >= 4 is 11.8 Å². The molecule has 100 valence electrons. The first kappa shape index (κ1) is 13.4. The lowest BCUT2D eigenvalue weighted by atomic mass is 10.1. The summed E-state index contributed by atoms with van der Waals surface area (Å²) in [6, 6.07) is 4.28. The van der Waals surface area contributed by atoms with Crippen LogP contribution in [0.2, 0.25) is 0 Å². The van der Waals surface area contributed by atoms with E-state index in [1.165, 1.54) is 0 Å². The number of benzene rings is 1. The summed E-state index contributed by atoms with van der Waals surface area (Å²) in [6.07, 6.45) is 0. The molecule has 18 heavy (non-hydrogen) atoms. The zero-order valence-corrected chi connectivity index (χ0v) is 11.8. The van der Waals surface area contributed by atoms with Gasteiger partial charge in [-0.25, -0.2) is 0 Å². The van der Waals surface area contributed by atoms with Gasteiger partial charge in [-0.3, -0.25) is 0 Å². The Morgan fingerprint density at radius 2 is 1.89 bits per heavy atom. The molecule has 2 rings (SSSR count). The van der Waals surface area contributed by atoms with Crippen molar-refractivity contribution in [3.05, 3.63) is 17.7 Å². The number of methoxy groups -OCH3 is 3. The van der Waals surface area contributed by atoms with Crippen LogP contribution in [0, 0.1) is 0 Å². The van der Waals surface area contributed by atoms with E-state index in [0.717, 1.165) is 29.4 Å². The summed E-state index contributed by atoms with van der Waals surface area (Å²) in [5, 5.41) is 3.50. The maximum Gasteiger partial charge on any atom is 0.203 e. The van der Waals surface area contributed by atoms with Crippen LogP contribution in [0.1, 0.15) is 11.6 Å². The summed E-state index contributed by atoms with van der Waals surface area (Å²) in [4.78, 5) is 0. The Hall–Kier alpha value is -1.07. The molecular formula is C13H19NO3S. The fourth-order valence-corrected chi connectivity index (χ4v) is 3.13. The number of nitrogens with one attached hydrogen (secondary N) is 1. The molecule has 1 unspecified atom stereocenters. The SMILES string of the molecule is COc1ccc(C2CSCCN2)c(OC)c1OC. The van der Waals surface area contributed by atoms with Crippen LogP contribution in [0.25, 0.3) is 0 Å². The van der Waals surface area contributed by atoms with Crippen LogP contribution < -0.4 is 19.5 Å². The van der Waals surface area contributed by atoms with Crippen molar-refractivity contribution in [1.82, 2.24) is 5.32 Å². The second-order valence-electron chi connectivity index (χ2n) is 4.01. The van der Waals surface area contributed by atoms with Crippen molar-refractivity contribution in [2.24, 2.45) is 0 Å². The standard InChI is InChI=1S/C13H19NO3S/c1-15-11-5-4-9(10-8-18-7-6-14-10)12(16-2)13(11)17-3/h4-5,10,14H,6-8H2,1-3H3. The third kappa shape index (κ3) is 2.52. The molecule has 0 spiro atoms. The van der Waals surface area contributed by atoms with E-state index in [2.05, 4.69) is 5.32 Å². The summed E-state index contributed by atoms with van der Waals surface area (Å²) in [7, 11) is 4.93. The molecule has 0 aromatic heterocycles. The molecule has 0 amide bonds. The molecule has 1 aromatic rings.